The number of rotatable bonds is 2. The van der Waals surface area contributed by atoms with E-state index in [-0.39, 0.29) is 6.61 Å². The molecular weight excluding hydrogens is 148 g/mol. The van der Waals surface area contributed by atoms with E-state index >= 15 is 0 Å². The second-order valence-corrected chi connectivity index (χ2v) is 2.78. The molecule has 1 rings (SSSR count). The highest BCUT2D eigenvalue weighted by Gasteiger charge is 1.95. The van der Waals surface area contributed by atoms with Gasteiger partial charge in [0.25, 0.3) is 0 Å². The number of aliphatic hydroxyl groups is 1. The first-order chi connectivity index (χ1) is 5.84. The van der Waals surface area contributed by atoms with E-state index in [9.17, 15) is 0 Å². The molecule has 0 radical (unpaired) electrons. The molecule has 1 aliphatic rings. The van der Waals surface area contributed by atoms with Gasteiger partial charge in [-0.05, 0) is 24.5 Å². The molecular formula is C11H14O. The molecule has 0 aliphatic heterocycles. The molecule has 0 unspecified atom stereocenters. The quantitative estimate of drug-likeness (QED) is 0.661. The van der Waals surface area contributed by atoms with E-state index in [0.29, 0.717) is 0 Å². The van der Waals surface area contributed by atoms with Crippen LogP contribution in [0.2, 0.25) is 0 Å². The van der Waals surface area contributed by atoms with E-state index in [1.807, 2.05) is 30.4 Å². The van der Waals surface area contributed by atoms with Gasteiger partial charge in [0.2, 0.25) is 0 Å². The summed E-state index contributed by atoms with van der Waals surface area (Å²) in [6.07, 6.45) is 12.8. The fourth-order valence-electron chi connectivity index (χ4n) is 1.14. The zero-order valence-corrected chi connectivity index (χ0v) is 7.33. The Bertz CT molecular complexity index is 254. The predicted molar refractivity (Wildman–Crippen MR) is 51.8 cm³/mol. The Hall–Kier alpha value is -1.08. The Morgan fingerprint density at radius 2 is 1.75 bits per heavy atom. The molecule has 0 fully saturated rings. The second-order valence-electron chi connectivity index (χ2n) is 2.78. The average molecular weight is 162 g/mol. The Balaban J connectivity index is 2.83. The third-order valence-corrected chi connectivity index (χ3v) is 1.86. The van der Waals surface area contributed by atoms with Gasteiger partial charge in [-0.1, -0.05) is 36.5 Å². The van der Waals surface area contributed by atoms with Gasteiger partial charge in [0, 0.05) is 6.61 Å². The van der Waals surface area contributed by atoms with Crippen LogP contribution in [-0.4, -0.2) is 11.7 Å². The summed E-state index contributed by atoms with van der Waals surface area (Å²) in [5.41, 5.74) is 2.43. The van der Waals surface area contributed by atoms with Crippen molar-refractivity contribution in [2.75, 3.05) is 6.61 Å². The van der Waals surface area contributed by atoms with Gasteiger partial charge in [-0.25, -0.2) is 0 Å². The first-order valence-electron chi connectivity index (χ1n) is 4.16. The van der Waals surface area contributed by atoms with Gasteiger partial charge >= 0.3 is 0 Å². The van der Waals surface area contributed by atoms with Crippen LogP contribution in [0.15, 0.2) is 47.6 Å². The van der Waals surface area contributed by atoms with Gasteiger partial charge < -0.3 is 5.11 Å². The van der Waals surface area contributed by atoms with Gasteiger partial charge in [-0.3, -0.25) is 0 Å². The first-order valence-corrected chi connectivity index (χ1v) is 4.16. The molecule has 0 spiro atoms. The lowest BCUT2D eigenvalue weighted by Gasteiger charge is -2.03. The molecule has 64 valence electrons. The smallest absolute Gasteiger partial charge is 0.0471 e. The van der Waals surface area contributed by atoms with E-state index in [1.54, 1.807) is 0 Å². The van der Waals surface area contributed by atoms with E-state index in [4.69, 9.17) is 5.11 Å². The topological polar surface area (TPSA) is 20.2 Å². The van der Waals surface area contributed by atoms with Crippen LogP contribution in [0, 0.1) is 0 Å². The van der Waals surface area contributed by atoms with Gasteiger partial charge in [0.05, 0.1) is 0 Å². The molecule has 0 aromatic carbocycles. The van der Waals surface area contributed by atoms with Crippen LogP contribution in [0.3, 0.4) is 0 Å². The predicted octanol–water partition coefficient (Wildman–Crippen LogP) is 2.37. The highest BCUT2D eigenvalue weighted by molar-refractivity contribution is 5.36. The molecule has 0 amide bonds. The largest absolute Gasteiger partial charge is 0.396 e. The summed E-state index contributed by atoms with van der Waals surface area (Å²) < 4.78 is 0. The Morgan fingerprint density at radius 3 is 2.42 bits per heavy atom. The van der Waals surface area contributed by atoms with Crippen molar-refractivity contribution in [2.45, 2.75) is 13.3 Å². The van der Waals surface area contributed by atoms with Crippen molar-refractivity contribution < 1.29 is 5.11 Å². The van der Waals surface area contributed by atoms with Crippen LogP contribution in [0.25, 0.3) is 0 Å². The van der Waals surface area contributed by atoms with Crippen LogP contribution in [0.4, 0.5) is 0 Å². The molecule has 1 N–H and O–H groups in total. The van der Waals surface area contributed by atoms with Crippen molar-refractivity contribution in [1.29, 1.82) is 0 Å². The maximum Gasteiger partial charge on any atom is 0.0471 e. The third kappa shape index (κ3) is 2.51. The molecule has 0 aromatic rings. The van der Waals surface area contributed by atoms with Crippen molar-refractivity contribution >= 4 is 0 Å². The minimum absolute atomic E-state index is 0.217. The zero-order chi connectivity index (χ0) is 8.81. The van der Waals surface area contributed by atoms with E-state index in [2.05, 4.69) is 13.0 Å². The van der Waals surface area contributed by atoms with Gasteiger partial charge in [0.1, 0.15) is 0 Å². The molecule has 1 heteroatoms. The average Bonchev–Trinajstić information content (AvgIpc) is 2.05. The molecule has 0 aromatic heterocycles. The van der Waals surface area contributed by atoms with Gasteiger partial charge in [-0.15, -0.1) is 0 Å². The van der Waals surface area contributed by atoms with Crippen molar-refractivity contribution in [3.05, 3.63) is 47.6 Å². The molecule has 12 heavy (non-hydrogen) atoms. The molecule has 1 nitrogen and oxygen atoms in total. The molecule has 0 saturated heterocycles. The summed E-state index contributed by atoms with van der Waals surface area (Å²) in [5.74, 6) is 0. The van der Waals surface area contributed by atoms with E-state index in [0.717, 1.165) is 6.42 Å². The Labute approximate surface area is 73.4 Å². The van der Waals surface area contributed by atoms with Gasteiger partial charge in [0.15, 0.2) is 0 Å². The normalized spacial score (nSPS) is 16.5. The standard InChI is InChI=1S/C11H14O/c1-10-6-4-2-3-5-7-11(10)8-9-12/h2-7,12H,8-9H2,1H3. The lowest BCUT2D eigenvalue weighted by molar-refractivity contribution is 0.300. The number of allylic oxidation sites excluding steroid dienone is 7. The second kappa shape index (κ2) is 4.73. The molecule has 0 bridgehead atoms. The molecule has 0 saturated carbocycles. The summed E-state index contributed by atoms with van der Waals surface area (Å²) in [4.78, 5) is 0. The maximum atomic E-state index is 8.79. The first kappa shape index (κ1) is 9.01. The highest BCUT2D eigenvalue weighted by atomic mass is 16.2. The lowest BCUT2D eigenvalue weighted by Crippen LogP contribution is -1.89. The fraction of sp³-hybridized carbons (Fsp3) is 0.273. The Kier molecular flexibility index (Phi) is 3.55. The minimum atomic E-state index is 0.217. The Morgan fingerprint density at radius 1 is 1.08 bits per heavy atom. The van der Waals surface area contributed by atoms with Gasteiger partial charge in [-0.2, -0.15) is 0 Å². The fourth-order valence-corrected chi connectivity index (χ4v) is 1.14. The van der Waals surface area contributed by atoms with Crippen molar-refractivity contribution in [3.8, 4) is 0 Å². The molecule has 0 atom stereocenters. The van der Waals surface area contributed by atoms with Crippen LogP contribution in [-0.2, 0) is 0 Å². The number of hydrogen-bond donors (Lipinski definition) is 1. The van der Waals surface area contributed by atoms with E-state index in [1.165, 1.54) is 11.1 Å². The summed E-state index contributed by atoms with van der Waals surface area (Å²) in [7, 11) is 0. The number of hydrogen-bond acceptors (Lipinski definition) is 1. The molecule has 0 heterocycles. The number of aliphatic hydroxyl groups excluding tert-OH is 1. The zero-order valence-electron chi connectivity index (χ0n) is 7.33. The third-order valence-electron chi connectivity index (χ3n) is 1.86. The van der Waals surface area contributed by atoms with E-state index < -0.39 is 0 Å². The minimum Gasteiger partial charge on any atom is -0.396 e. The van der Waals surface area contributed by atoms with Crippen LogP contribution >= 0.6 is 0 Å². The van der Waals surface area contributed by atoms with Crippen LogP contribution in [0.1, 0.15) is 13.3 Å². The summed E-state index contributed by atoms with van der Waals surface area (Å²) in [6.45, 7) is 2.28. The lowest BCUT2D eigenvalue weighted by atomic mass is 10.0. The summed E-state index contributed by atoms with van der Waals surface area (Å²) in [5, 5.41) is 8.79. The molecule has 1 aliphatic carbocycles. The van der Waals surface area contributed by atoms with Crippen molar-refractivity contribution in [1.82, 2.24) is 0 Å². The highest BCUT2D eigenvalue weighted by Crippen LogP contribution is 2.12. The maximum absolute atomic E-state index is 8.79. The summed E-state index contributed by atoms with van der Waals surface area (Å²) in [6, 6.07) is 0. The SMILES string of the molecule is CC1=C(CCO)C=CC=CC=C1. The van der Waals surface area contributed by atoms with Crippen molar-refractivity contribution in [3.63, 3.8) is 0 Å². The monoisotopic (exact) mass is 162 g/mol. The van der Waals surface area contributed by atoms with Crippen LogP contribution in [0.5, 0.6) is 0 Å². The summed E-state index contributed by atoms with van der Waals surface area (Å²) >= 11 is 0. The van der Waals surface area contributed by atoms with Crippen LogP contribution < -0.4 is 0 Å². The van der Waals surface area contributed by atoms with Crippen molar-refractivity contribution in [2.24, 2.45) is 0 Å².